The van der Waals surface area contributed by atoms with E-state index in [1.54, 1.807) is 6.07 Å². The Kier molecular flexibility index (Phi) is 3.01. The van der Waals surface area contributed by atoms with E-state index in [4.69, 9.17) is 9.68 Å². The molecule has 6 nitrogen and oxygen atoms in total. The summed E-state index contributed by atoms with van der Waals surface area (Å²) in [4.78, 5) is 4.25. The number of oxazole rings is 1. The van der Waals surface area contributed by atoms with Gasteiger partial charge in [0.1, 0.15) is 17.9 Å². The Balaban J connectivity index is 1.92. The molecule has 2 aromatic heterocycles. The number of aromatic nitrogens is 3. The van der Waals surface area contributed by atoms with Gasteiger partial charge in [0.15, 0.2) is 11.5 Å². The van der Waals surface area contributed by atoms with Crippen LogP contribution in [0.4, 0.5) is 5.82 Å². The van der Waals surface area contributed by atoms with Crippen LogP contribution in [0.5, 0.6) is 0 Å². The molecule has 0 unspecified atom stereocenters. The summed E-state index contributed by atoms with van der Waals surface area (Å²) in [6.07, 6.45) is 0. The molecule has 0 fully saturated rings. The summed E-state index contributed by atoms with van der Waals surface area (Å²) in [6.45, 7) is 2.02. The highest BCUT2D eigenvalue weighted by atomic mass is 16.3. The number of hydrogen-bond acceptors (Lipinski definition) is 6. The molecule has 98 valence electrons. The second-order valence-electron chi connectivity index (χ2n) is 4.23. The first-order chi connectivity index (χ1) is 9.76. The SMILES string of the molecule is Cc1nc2ccc(-c3ccc(NCC#N)nn3)cc2o1. The molecule has 0 spiro atoms. The lowest BCUT2D eigenvalue weighted by molar-refractivity contribution is 0.561. The largest absolute Gasteiger partial charge is 0.441 e. The third-order valence-electron chi connectivity index (χ3n) is 2.80. The molecule has 0 aliphatic heterocycles. The maximum absolute atomic E-state index is 8.49. The van der Waals surface area contributed by atoms with Crippen LogP contribution in [0.3, 0.4) is 0 Å². The zero-order valence-corrected chi connectivity index (χ0v) is 10.8. The Hall–Kier alpha value is -2.94. The van der Waals surface area contributed by atoms with Gasteiger partial charge in [-0.05, 0) is 24.3 Å². The molecular weight excluding hydrogens is 254 g/mol. The Labute approximate surface area is 115 Å². The van der Waals surface area contributed by atoms with Crippen molar-refractivity contribution in [1.82, 2.24) is 15.2 Å². The van der Waals surface area contributed by atoms with Crippen molar-refractivity contribution in [2.75, 3.05) is 11.9 Å². The van der Waals surface area contributed by atoms with E-state index >= 15 is 0 Å². The van der Waals surface area contributed by atoms with Gasteiger partial charge in [0.2, 0.25) is 0 Å². The monoisotopic (exact) mass is 265 g/mol. The highest BCUT2D eigenvalue weighted by Crippen LogP contribution is 2.23. The molecule has 2 heterocycles. The number of hydrogen-bond donors (Lipinski definition) is 1. The summed E-state index contributed by atoms with van der Waals surface area (Å²) in [7, 11) is 0. The van der Waals surface area contributed by atoms with Crippen molar-refractivity contribution < 1.29 is 4.42 Å². The van der Waals surface area contributed by atoms with E-state index in [-0.39, 0.29) is 6.54 Å². The van der Waals surface area contributed by atoms with Crippen LogP contribution < -0.4 is 5.32 Å². The molecular formula is C14H11N5O. The first-order valence-electron chi connectivity index (χ1n) is 6.08. The normalized spacial score (nSPS) is 10.4. The maximum atomic E-state index is 8.49. The van der Waals surface area contributed by atoms with Gasteiger partial charge in [-0.3, -0.25) is 0 Å². The Bertz CT molecular complexity index is 785. The number of nitrogens with zero attached hydrogens (tertiary/aromatic N) is 4. The Morgan fingerprint density at radius 3 is 2.90 bits per heavy atom. The second-order valence-corrected chi connectivity index (χ2v) is 4.23. The van der Waals surface area contributed by atoms with Crippen LogP contribution in [0.1, 0.15) is 5.89 Å². The first-order valence-corrected chi connectivity index (χ1v) is 6.08. The predicted octanol–water partition coefficient (Wildman–Crippen LogP) is 2.53. The third-order valence-corrected chi connectivity index (χ3v) is 2.80. The highest BCUT2D eigenvalue weighted by molar-refractivity contribution is 5.79. The summed E-state index contributed by atoms with van der Waals surface area (Å²) in [5, 5.41) is 19.5. The minimum atomic E-state index is 0.206. The first kappa shape index (κ1) is 12.1. The highest BCUT2D eigenvalue weighted by Gasteiger charge is 2.06. The van der Waals surface area contributed by atoms with Gasteiger partial charge in [-0.1, -0.05) is 6.07 Å². The van der Waals surface area contributed by atoms with E-state index in [1.165, 1.54) is 0 Å². The quantitative estimate of drug-likeness (QED) is 0.732. The van der Waals surface area contributed by atoms with Crippen LogP contribution >= 0.6 is 0 Å². The number of anilines is 1. The van der Waals surface area contributed by atoms with Crippen LogP contribution in [-0.4, -0.2) is 21.7 Å². The molecule has 0 atom stereocenters. The van der Waals surface area contributed by atoms with E-state index < -0.39 is 0 Å². The van der Waals surface area contributed by atoms with E-state index in [2.05, 4.69) is 20.5 Å². The second kappa shape index (κ2) is 4.97. The van der Waals surface area contributed by atoms with Crippen molar-refractivity contribution in [2.45, 2.75) is 6.92 Å². The Morgan fingerprint density at radius 1 is 1.25 bits per heavy atom. The van der Waals surface area contributed by atoms with E-state index in [9.17, 15) is 0 Å². The Morgan fingerprint density at radius 2 is 2.15 bits per heavy atom. The van der Waals surface area contributed by atoms with Crippen LogP contribution in [0.2, 0.25) is 0 Å². The summed E-state index contributed by atoms with van der Waals surface area (Å²) in [6, 6.07) is 11.3. The van der Waals surface area contributed by atoms with E-state index in [0.29, 0.717) is 11.7 Å². The molecule has 0 saturated carbocycles. The number of nitrogens with one attached hydrogen (secondary N) is 1. The van der Waals surface area contributed by atoms with Crippen LogP contribution in [0.25, 0.3) is 22.4 Å². The van der Waals surface area contributed by atoms with Crippen molar-refractivity contribution in [3.05, 3.63) is 36.2 Å². The average molecular weight is 265 g/mol. The van der Waals surface area contributed by atoms with Gasteiger partial charge in [0, 0.05) is 12.5 Å². The van der Waals surface area contributed by atoms with E-state index in [1.807, 2.05) is 37.3 Å². The molecule has 1 N–H and O–H groups in total. The number of rotatable bonds is 3. The van der Waals surface area contributed by atoms with Gasteiger partial charge < -0.3 is 9.73 Å². The van der Waals surface area contributed by atoms with Crippen molar-refractivity contribution in [3.63, 3.8) is 0 Å². The molecule has 0 bridgehead atoms. The summed E-state index contributed by atoms with van der Waals surface area (Å²) >= 11 is 0. The molecule has 0 aliphatic rings. The van der Waals surface area contributed by atoms with Crippen LogP contribution in [0.15, 0.2) is 34.7 Å². The zero-order valence-electron chi connectivity index (χ0n) is 10.8. The topological polar surface area (TPSA) is 87.6 Å². The maximum Gasteiger partial charge on any atom is 0.192 e. The van der Waals surface area contributed by atoms with Gasteiger partial charge >= 0.3 is 0 Å². The van der Waals surface area contributed by atoms with Crippen molar-refractivity contribution >= 4 is 16.9 Å². The molecule has 20 heavy (non-hydrogen) atoms. The average Bonchev–Trinajstić information content (AvgIpc) is 2.84. The molecule has 0 aliphatic carbocycles. The fraction of sp³-hybridized carbons (Fsp3) is 0.143. The number of nitriles is 1. The molecule has 1 aromatic carbocycles. The fourth-order valence-electron chi connectivity index (χ4n) is 1.91. The smallest absolute Gasteiger partial charge is 0.192 e. The van der Waals surface area contributed by atoms with Gasteiger partial charge in [0.25, 0.3) is 0 Å². The van der Waals surface area contributed by atoms with E-state index in [0.717, 1.165) is 22.4 Å². The van der Waals surface area contributed by atoms with Crippen molar-refractivity contribution in [2.24, 2.45) is 0 Å². The minimum Gasteiger partial charge on any atom is -0.441 e. The molecule has 0 amide bonds. The lowest BCUT2D eigenvalue weighted by Gasteiger charge is -2.02. The molecule has 0 saturated heterocycles. The van der Waals surface area contributed by atoms with Crippen molar-refractivity contribution in [3.8, 4) is 17.3 Å². The third kappa shape index (κ3) is 2.29. The summed E-state index contributed by atoms with van der Waals surface area (Å²) in [5.41, 5.74) is 3.21. The zero-order chi connectivity index (χ0) is 13.9. The summed E-state index contributed by atoms with van der Waals surface area (Å²) < 4.78 is 5.50. The van der Waals surface area contributed by atoms with Crippen LogP contribution in [-0.2, 0) is 0 Å². The van der Waals surface area contributed by atoms with Gasteiger partial charge in [-0.25, -0.2) is 4.98 Å². The standard InChI is InChI=1S/C14H11N5O/c1-9-17-12-3-2-10(8-13(12)20-9)11-4-5-14(19-18-11)16-7-6-15/h2-5,8H,7H2,1H3,(H,16,19). The lowest BCUT2D eigenvalue weighted by atomic mass is 10.1. The van der Waals surface area contributed by atoms with Crippen LogP contribution in [0, 0.1) is 18.3 Å². The van der Waals surface area contributed by atoms with Gasteiger partial charge in [-0.15, -0.1) is 10.2 Å². The van der Waals surface area contributed by atoms with Gasteiger partial charge in [-0.2, -0.15) is 5.26 Å². The van der Waals surface area contributed by atoms with Gasteiger partial charge in [0.05, 0.1) is 11.8 Å². The van der Waals surface area contributed by atoms with Crippen molar-refractivity contribution in [1.29, 1.82) is 5.26 Å². The molecule has 6 heteroatoms. The molecule has 3 aromatic rings. The number of aryl methyl sites for hydroxylation is 1. The summed E-state index contributed by atoms with van der Waals surface area (Å²) in [5.74, 6) is 1.21. The number of benzene rings is 1. The predicted molar refractivity (Wildman–Crippen MR) is 73.9 cm³/mol. The minimum absolute atomic E-state index is 0.206. The lowest BCUT2D eigenvalue weighted by Crippen LogP contribution is -2.01. The molecule has 0 radical (unpaired) electrons. The molecule has 3 rings (SSSR count). The number of fused-ring (bicyclic) bond motifs is 1. The fourth-order valence-corrected chi connectivity index (χ4v) is 1.91.